The summed E-state index contributed by atoms with van der Waals surface area (Å²) >= 11 is 0. The second-order valence-electron chi connectivity index (χ2n) is 6.67. The molecule has 27 heavy (non-hydrogen) atoms. The van der Waals surface area contributed by atoms with Gasteiger partial charge in [-0.1, -0.05) is 48.9 Å². The maximum atomic E-state index is 13.2. The molecule has 0 heterocycles. The predicted molar refractivity (Wildman–Crippen MR) is 105 cm³/mol. The summed E-state index contributed by atoms with van der Waals surface area (Å²) in [6, 6.07) is 13.6. The van der Waals surface area contributed by atoms with Crippen LogP contribution in [-0.2, 0) is 22.6 Å². The maximum absolute atomic E-state index is 13.2. The Kier molecular flexibility index (Phi) is 7.53. The van der Waals surface area contributed by atoms with Crippen LogP contribution in [0.5, 0.6) is 0 Å². The van der Waals surface area contributed by atoms with Crippen molar-refractivity contribution in [3.05, 3.63) is 71.0 Å². The second kappa shape index (κ2) is 9.86. The molecule has 0 unspecified atom stereocenters. The van der Waals surface area contributed by atoms with E-state index in [9.17, 15) is 14.0 Å². The van der Waals surface area contributed by atoms with E-state index in [4.69, 9.17) is 0 Å². The summed E-state index contributed by atoms with van der Waals surface area (Å²) in [6.45, 7) is 4.18. The summed E-state index contributed by atoms with van der Waals surface area (Å²) in [7, 11) is 1.57. The van der Waals surface area contributed by atoms with Gasteiger partial charge in [0.1, 0.15) is 11.9 Å². The molecule has 0 fully saturated rings. The second-order valence-corrected chi connectivity index (χ2v) is 6.67. The van der Waals surface area contributed by atoms with Gasteiger partial charge in [-0.15, -0.1) is 0 Å². The number of halogens is 1. The quantitative estimate of drug-likeness (QED) is 0.772. The van der Waals surface area contributed by atoms with Crippen molar-refractivity contribution >= 4 is 11.8 Å². The van der Waals surface area contributed by atoms with Gasteiger partial charge in [0, 0.05) is 20.0 Å². The summed E-state index contributed by atoms with van der Waals surface area (Å²) in [4.78, 5) is 26.8. The number of hydrogen-bond acceptors (Lipinski definition) is 2. The fourth-order valence-electron chi connectivity index (χ4n) is 3.02. The van der Waals surface area contributed by atoms with Gasteiger partial charge in [-0.25, -0.2) is 4.39 Å². The predicted octanol–water partition coefficient (Wildman–Crippen LogP) is 3.62. The van der Waals surface area contributed by atoms with Crippen molar-refractivity contribution in [3.8, 4) is 0 Å². The van der Waals surface area contributed by atoms with Gasteiger partial charge in [0.15, 0.2) is 0 Å². The minimum atomic E-state index is -0.550. The van der Waals surface area contributed by atoms with Crippen molar-refractivity contribution in [1.82, 2.24) is 10.2 Å². The summed E-state index contributed by atoms with van der Waals surface area (Å²) in [5.41, 5.74) is 3.06. The van der Waals surface area contributed by atoms with Gasteiger partial charge < -0.3 is 10.2 Å². The molecule has 0 bridgehead atoms. The van der Waals surface area contributed by atoms with E-state index >= 15 is 0 Å². The van der Waals surface area contributed by atoms with E-state index in [-0.39, 0.29) is 24.2 Å². The molecule has 1 N–H and O–H groups in total. The number of aryl methyl sites for hydroxylation is 2. The third-order valence-electron chi connectivity index (χ3n) is 4.65. The van der Waals surface area contributed by atoms with Crippen molar-refractivity contribution in [3.63, 3.8) is 0 Å². The van der Waals surface area contributed by atoms with Crippen molar-refractivity contribution in [2.45, 2.75) is 45.7 Å². The topological polar surface area (TPSA) is 49.4 Å². The van der Waals surface area contributed by atoms with E-state index in [0.717, 1.165) is 11.1 Å². The van der Waals surface area contributed by atoms with E-state index in [1.165, 1.54) is 17.7 Å². The van der Waals surface area contributed by atoms with Crippen LogP contribution < -0.4 is 5.32 Å². The Morgan fingerprint density at radius 1 is 1.04 bits per heavy atom. The van der Waals surface area contributed by atoms with Gasteiger partial charge in [0.05, 0.1) is 0 Å². The number of hydrogen-bond donors (Lipinski definition) is 1. The molecule has 2 aromatic rings. The fraction of sp³-hybridized carbons (Fsp3) is 0.364. The first-order chi connectivity index (χ1) is 12.9. The molecule has 0 aliphatic heterocycles. The van der Waals surface area contributed by atoms with E-state index in [1.807, 2.05) is 38.1 Å². The lowest BCUT2D eigenvalue weighted by Gasteiger charge is -2.30. The smallest absolute Gasteiger partial charge is 0.242 e. The molecule has 0 saturated carbocycles. The van der Waals surface area contributed by atoms with Crippen LogP contribution in [0.3, 0.4) is 0 Å². The standard InChI is InChI=1S/C22H27FN2O2/c1-4-20(22(27)24-3)25(15-18-9-12-19(23)13-10-18)21(26)14-11-17-7-5-16(2)6-8-17/h5-10,12-13,20H,4,11,14-15H2,1-3H3,(H,24,27)/t20-/m0/s1. The number of carbonyl (C=O) groups excluding carboxylic acids is 2. The average molecular weight is 370 g/mol. The van der Waals surface area contributed by atoms with Crippen LogP contribution in [0.25, 0.3) is 0 Å². The number of nitrogens with one attached hydrogen (secondary N) is 1. The zero-order chi connectivity index (χ0) is 19.8. The van der Waals surface area contributed by atoms with Crippen LogP contribution >= 0.6 is 0 Å². The number of benzene rings is 2. The fourth-order valence-corrected chi connectivity index (χ4v) is 3.02. The molecule has 0 radical (unpaired) electrons. The van der Waals surface area contributed by atoms with Gasteiger partial charge in [-0.05, 0) is 43.0 Å². The normalized spacial score (nSPS) is 11.7. The molecule has 2 rings (SSSR count). The molecule has 0 saturated heterocycles. The highest BCUT2D eigenvalue weighted by atomic mass is 19.1. The molecule has 2 aromatic carbocycles. The summed E-state index contributed by atoms with van der Waals surface area (Å²) in [5, 5.41) is 2.63. The van der Waals surface area contributed by atoms with Crippen molar-refractivity contribution in [2.75, 3.05) is 7.05 Å². The highest BCUT2D eigenvalue weighted by molar-refractivity contribution is 5.87. The zero-order valence-corrected chi connectivity index (χ0v) is 16.2. The Morgan fingerprint density at radius 2 is 1.63 bits per heavy atom. The van der Waals surface area contributed by atoms with Gasteiger partial charge in [0.2, 0.25) is 11.8 Å². The van der Waals surface area contributed by atoms with Crippen LogP contribution in [0.4, 0.5) is 4.39 Å². The Morgan fingerprint density at radius 3 is 2.19 bits per heavy atom. The Hall–Kier alpha value is -2.69. The lowest BCUT2D eigenvalue weighted by atomic mass is 10.1. The number of nitrogens with zero attached hydrogens (tertiary/aromatic N) is 1. The summed E-state index contributed by atoms with van der Waals surface area (Å²) in [5.74, 6) is -0.604. The lowest BCUT2D eigenvalue weighted by Crippen LogP contribution is -2.48. The first-order valence-electron chi connectivity index (χ1n) is 9.25. The number of rotatable bonds is 8. The van der Waals surface area contributed by atoms with Crippen molar-refractivity contribution < 1.29 is 14.0 Å². The first kappa shape index (κ1) is 20.6. The number of amides is 2. The Bertz CT molecular complexity index is 757. The van der Waals surface area contributed by atoms with Gasteiger partial charge in [0.25, 0.3) is 0 Å². The summed E-state index contributed by atoms with van der Waals surface area (Å²) in [6.07, 6.45) is 1.44. The highest BCUT2D eigenvalue weighted by Gasteiger charge is 2.27. The molecule has 144 valence electrons. The van der Waals surface area contributed by atoms with Crippen LogP contribution in [0, 0.1) is 12.7 Å². The molecule has 0 aromatic heterocycles. The molecule has 4 nitrogen and oxygen atoms in total. The SMILES string of the molecule is CC[C@@H](C(=O)NC)N(Cc1ccc(F)cc1)C(=O)CCc1ccc(C)cc1. The maximum Gasteiger partial charge on any atom is 0.242 e. The Labute approximate surface area is 160 Å². The van der Waals surface area contributed by atoms with E-state index in [2.05, 4.69) is 5.32 Å². The van der Waals surface area contributed by atoms with Gasteiger partial charge in [-0.2, -0.15) is 0 Å². The number of likely N-dealkylation sites (N-methyl/N-ethyl adjacent to an activating group) is 1. The van der Waals surface area contributed by atoms with Gasteiger partial charge in [-0.3, -0.25) is 9.59 Å². The van der Waals surface area contributed by atoms with E-state index < -0.39 is 6.04 Å². The number of carbonyl (C=O) groups is 2. The molecule has 1 atom stereocenters. The first-order valence-corrected chi connectivity index (χ1v) is 9.25. The molecule has 5 heteroatoms. The van der Waals surface area contributed by atoms with Crippen molar-refractivity contribution in [2.24, 2.45) is 0 Å². The van der Waals surface area contributed by atoms with Crippen LogP contribution in [0.1, 0.15) is 36.5 Å². The van der Waals surface area contributed by atoms with Crippen LogP contribution in [0.2, 0.25) is 0 Å². The van der Waals surface area contributed by atoms with Crippen LogP contribution in [0.15, 0.2) is 48.5 Å². The van der Waals surface area contributed by atoms with E-state index in [0.29, 0.717) is 19.3 Å². The minimum absolute atomic E-state index is 0.0876. The Balaban J connectivity index is 2.15. The molecule has 0 aliphatic carbocycles. The molecule has 0 spiro atoms. The third-order valence-corrected chi connectivity index (χ3v) is 4.65. The molecule has 0 aliphatic rings. The lowest BCUT2D eigenvalue weighted by molar-refractivity contribution is -0.141. The molecule has 2 amide bonds. The molecular formula is C22H27FN2O2. The summed E-state index contributed by atoms with van der Waals surface area (Å²) < 4.78 is 13.2. The highest BCUT2D eigenvalue weighted by Crippen LogP contribution is 2.16. The van der Waals surface area contributed by atoms with Crippen LogP contribution in [-0.4, -0.2) is 29.8 Å². The van der Waals surface area contributed by atoms with Gasteiger partial charge >= 0.3 is 0 Å². The van der Waals surface area contributed by atoms with E-state index in [1.54, 1.807) is 24.1 Å². The zero-order valence-electron chi connectivity index (χ0n) is 16.2. The van der Waals surface area contributed by atoms with Crippen molar-refractivity contribution in [1.29, 1.82) is 0 Å². The third kappa shape index (κ3) is 5.91. The molecular weight excluding hydrogens is 343 g/mol. The largest absolute Gasteiger partial charge is 0.357 e. The monoisotopic (exact) mass is 370 g/mol. The average Bonchev–Trinajstić information content (AvgIpc) is 2.68. The minimum Gasteiger partial charge on any atom is -0.357 e.